The molecule has 3 aromatic rings. The van der Waals surface area contributed by atoms with Gasteiger partial charge in [0.2, 0.25) is 0 Å². The molecule has 0 saturated carbocycles. The molecule has 0 unspecified atom stereocenters. The smallest absolute Gasteiger partial charge is 0.0159 e. The third kappa shape index (κ3) is 2.97. The Balaban J connectivity index is 1.66. The van der Waals surface area contributed by atoms with Crippen LogP contribution >= 0.6 is 0 Å². The van der Waals surface area contributed by atoms with E-state index < -0.39 is 0 Å². The van der Waals surface area contributed by atoms with Crippen LogP contribution in [0.1, 0.15) is 67.3 Å². The first-order chi connectivity index (χ1) is 13.9. The lowest BCUT2D eigenvalue weighted by molar-refractivity contribution is 0.660. The van der Waals surface area contributed by atoms with Crippen LogP contribution in [0.3, 0.4) is 0 Å². The molecule has 0 nitrogen and oxygen atoms in total. The van der Waals surface area contributed by atoms with E-state index in [0.717, 1.165) is 0 Å². The highest BCUT2D eigenvalue weighted by Crippen LogP contribution is 2.51. The summed E-state index contributed by atoms with van der Waals surface area (Å²) in [6.45, 7) is 9.23. The van der Waals surface area contributed by atoms with Crippen molar-refractivity contribution >= 4 is 5.57 Å². The minimum atomic E-state index is 0.0364. The average molecular weight is 379 g/mol. The lowest BCUT2D eigenvalue weighted by atomic mass is 9.80. The van der Waals surface area contributed by atoms with Gasteiger partial charge in [0.05, 0.1) is 0 Å². The van der Waals surface area contributed by atoms with Crippen molar-refractivity contribution in [1.29, 1.82) is 0 Å². The maximum atomic E-state index is 2.49. The van der Waals surface area contributed by atoms with E-state index in [4.69, 9.17) is 0 Å². The monoisotopic (exact) mass is 378 g/mol. The number of aryl methyl sites for hydroxylation is 2. The minimum Gasteiger partial charge on any atom is -0.0807 e. The summed E-state index contributed by atoms with van der Waals surface area (Å²) in [5.74, 6) is 0. The predicted molar refractivity (Wildman–Crippen MR) is 125 cm³/mol. The molecule has 2 aliphatic rings. The highest BCUT2D eigenvalue weighted by Gasteiger charge is 2.36. The third-order valence-corrected chi connectivity index (χ3v) is 7.01. The van der Waals surface area contributed by atoms with E-state index >= 15 is 0 Å². The number of hydrogen-bond donors (Lipinski definition) is 0. The lowest BCUT2D eigenvalue weighted by Gasteiger charge is -2.23. The maximum absolute atomic E-state index is 2.49. The number of allylic oxidation sites excluding steroid dienone is 2. The summed E-state index contributed by atoms with van der Waals surface area (Å²) in [7, 11) is 0. The molecule has 0 fully saturated rings. The molecule has 0 heterocycles. The van der Waals surface area contributed by atoms with Gasteiger partial charge in [-0.05, 0) is 102 Å². The zero-order valence-electron chi connectivity index (χ0n) is 18.1. The van der Waals surface area contributed by atoms with E-state index in [9.17, 15) is 0 Å². The predicted octanol–water partition coefficient (Wildman–Crippen LogP) is 8.23. The van der Waals surface area contributed by atoms with Crippen LogP contribution in [0.5, 0.6) is 0 Å². The molecule has 0 aromatic heterocycles. The second-order valence-electron chi connectivity index (χ2n) is 9.44. The summed E-state index contributed by atoms with van der Waals surface area (Å²) in [6, 6.07) is 20.9. The molecule has 3 aromatic carbocycles. The molecule has 146 valence electrons. The fraction of sp³-hybridized carbons (Fsp3) is 0.310. The highest BCUT2D eigenvalue weighted by molar-refractivity contribution is 5.86. The Bertz CT molecular complexity index is 1140. The van der Waals surface area contributed by atoms with Gasteiger partial charge < -0.3 is 0 Å². The summed E-state index contributed by atoms with van der Waals surface area (Å²) in [4.78, 5) is 0. The number of rotatable bonds is 2. The minimum absolute atomic E-state index is 0.0364. The Morgan fingerprint density at radius 2 is 1.52 bits per heavy atom. The van der Waals surface area contributed by atoms with Crippen LogP contribution in [-0.4, -0.2) is 0 Å². The third-order valence-electron chi connectivity index (χ3n) is 7.01. The molecule has 0 saturated heterocycles. The fourth-order valence-electron chi connectivity index (χ4n) is 5.32. The van der Waals surface area contributed by atoms with Gasteiger partial charge in [0.1, 0.15) is 0 Å². The van der Waals surface area contributed by atoms with Crippen molar-refractivity contribution < 1.29 is 0 Å². The second-order valence-corrected chi connectivity index (χ2v) is 9.44. The largest absolute Gasteiger partial charge is 0.0807 e. The Morgan fingerprint density at radius 1 is 0.724 bits per heavy atom. The van der Waals surface area contributed by atoms with Crippen molar-refractivity contribution in [2.45, 2.75) is 58.8 Å². The molecule has 0 amide bonds. The molecule has 0 spiro atoms. The average Bonchev–Trinajstić information content (AvgIpc) is 2.94. The first-order valence-electron chi connectivity index (χ1n) is 11.0. The Kier molecular flexibility index (Phi) is 4.28. The van der Waals surface area contributed by atoms with Crippen LogP contribution in [0, 0.1) is 13.8 Å². The van der Waals surface area contributed by atoms with Crippen molar-refractivity contribution in [3.63, 3.8) is 0 Å². The van der Waals surface area contributed by atoms with E-state index in [1.807, 2.05) is 0 Å². The summed E-state index contributed by atoms with van der Waals surface area (Å²) in [5.41, 5.74) is 14.2. The number of benzene rings is 3. The Hall–Kier alpha value is -2.60. The van der Waals surface area contributed by atoms with Gasteiger partial charge in [-0.1, -0.05) is 68.0 Å². The van der Waals surface area contributed by atoms with Gasteiger partial charge in [0, 0.05) is 5.41 Å². The first-order valence-corrected chi connectivity index (χ1v) is 11.0. The van der Waals surface area contributed by atoms with Gasteiger partial charge in [-0.25, -0.2) is 0 Å². The van der Waals surface area contributed by atoms with E-state index in [-0.39, 0.29) is 5.41 Å². The van der Waals surface area contributed by atoms with E-state index in [2.05, 4.69) is 88.4 Å². The van der Waals surface area contributed by atoms with Gasteiger partial charge in [-0.15, -0.1) is 0 Å². The Morgan fingerprint density at radius 3 is 2.28 bits per heavy atom. The van der Waals surface area contributed by atoms with E-state index in [1.165, 1.54) is 75.8 Å². The van der Waals surface area contributed by atoms with Crippen molar-refractivity contribution in [2.75, 3.05) is 0 Å². The molecule has 5 rings (SSSR count). The van der Waals surface area contributed by atoms with Gasteiger partial charge in [0.15, 0.2) is 0 Å². The van der Waals surface area contributed by atoms with Crippen LogP contribution in [0.25, 0.3) is 27.8 Å². The lowest BCUT2D eigenvalue weighted by Crippen LogP contribution is -2.15. The SMILES string of the molecule is Cc1cccc(-c2ccc3c(c2)C(C)(C)c2cc(C)c(C4=CCCCC4)cc2-3)c1. The molecule has 2 aliphatic carbocycles. The molecule has 0 aliphatic heterocycles. The molecular formula is C29H30. The molecule has 0 heteroatoms. The van der Waals surface area contributed by atoms with Crippen LogP contribution in [0.2, 0.25) is 0 Å². The number of fused-ring (bicyclic) bond motifs is 3. The molecule has 0 N–H and O–H groups in total. The fourth-order valence-corrected chi connectivity index (χ4v) is 5.32. The quantitative estimate of drug-likeness (QED) is 0.421. The van der Waals surface area contributed by atoms with Gasteiger partial charge in [0.25, 0.3) is 0 Å². The van der Waals surface area contributed by atoms with Crippen molar-refractivity contribution in [1.82, 2.24) is 0 Å². The molecule has 29 heavy (non-hydrogen) atoms. The Labute approximate surface area is 175 Å². The number of hydrogen-bond acceptors (Lipinski definition) is 0. The highest BCUT2D eigenvalue weighted by atomic mass is 14.4. The normalized spacial score (nSPS) is 16.9. The zero-order valence-corrected chi connectivity index (χ0v) is 18.1. The topological polar surface area (TPSA) is 0 Å². The maximum Gasteiger partial charge on any atom is 0.0159 e. The molecular weight excluding hydrogens is 348 g/mol. The summed E-state index contributed by atoms with van der Waals surface area (Å²) in [5, 5.41) is 0. The van der Waals surface area contributed by atoms with Gasteiger partial charge in [-0.2, -0.15) is 0 Å². The first kappa shape index (κ1) is 18.4. The summed E-state index contributed by atoms with van der Waals surface area (Å²) in [6.07, 6.45) is 7.59. The van der Waals surface area contributed by atoms with Gasteiger partial charge >= 0.3 is 0 Å². The van der Waals surface area contributed by atoms with Crippen LogP contribution < -0.4 is 0 Å². The molecule has 0 bridgehead atoms. The molecule has 0 atom stereocenters. The van der Waals surface area contributed by atoms with Crippen molar-refractivity contribution in [3.8, 4) is 22.3 Å². The van der Waals surface area contributed by atoms with E-state index in [0.29, 0.717) is 0 Å². The van der Waals surface area contributed by atoms with Crippen LogP contribution in [0.15, 0.2) is 60.7 Å². The van der Waals surface area contributed by atoms with Gasteiger partial charge in [-0.3, -0.25) is 0 Å². The van der Waals surface area contributed by atoms with Crippen LogP contribution in [0.4, 0.5) is 0 Å². The second kappa shape index (κ2) is 6.73. The van der Waals surface area contributed by atoms with E-state index in [1.54, 1.807) is 5.57 Å². The van der Waals surface area contributed by atoms with Crippen molar-refractivity contribution in [2.24, 2.45) is 0 Å². The summed E-state index contributed by atoms with van der Waals surface area (Å²) >= 11 is 0. The van der Waals surface area contributed by atoms with Crippen LogP contribution in [-0.2, 0) is 5.41 Å². The zero-order chi connectivity index (χ0) is 20.2. The molecule has 0 radical (unpaired) electrons. The van der Waals surface area contributed by atoms with Crippen molar-refractivity contribution in [3.05, 3.63) is 88.5 Å². The standard InChI is InChI=1S/C29H30/c1-19-9-8-12-22(15-19)23-13-14-24-26-18-25(21-10-6-5-7-11-21)20(2)16-27(26)29(3,4)28(24)17-23/h8-10,12-18H,5-7,11H2,1-4H3. The summed E-state index contributed by atoms with van der Waals surface area (Å²) < 4.78 is 0.